The minimum absolute atomic E-state index is 0.376. The van der Waals surface area contributed by atoms with Crippen LogP contribution in [0.5, 0.6) is 0 Å². The van der Waals surface area contributed by atoms with Gasteiger partial charge >= 0.3 is 0 Å². The SMILES string of the molecule is [C-]#[N+]c1cc(C#N)cc(-c2ccc3c4ccccc4n(-c4cc(-c5nc(C)cc(C)n5)c(-n5c6ccccc6c6ccc(-c7cc(C#N)cc([N+]#[C-])c7)cc65)cc4C#N)c3c2)c1. The first-order valence-corrected chi connectivity index (χ1v) is 19.6. The standard InChI is InChI=1S/C53H29N9/c1-31-17-32(2)60-53(59-31)46-27-49(61-47-11-7-5-9-42(47)44-15-13-35(24-50(44)61)37-18-33(28-54)20-40(22-37)57-3)39(30-56)26-52(46)62-48-12-8-6-10-43(48)45-16-14-36(25-51(45)62)38-19-34(29-55)21-41(23-38)58-4/h5-27H,1-2H3. The van der Waals surface area contributed by atoms with Crippen molar-refractivity contribution in [3.8, 4) is 63.2 Å². The van der Waals surface area contributed by atoms with Crippen LogP contribution in [0.2, 0.25) is 0 Å². The van der Waals surface area contributed by atoms with Gasteiger partial charge in [0.2, 0.25) is 0 Å². The summed E-state index contributed by atoms with van der Waals surface area (Å²) in [4.78, 5) is 17.3. The molecule has 0 aliphatic rings. The van der Waals surface area contributed by atoms with E-state index in [1.54, 1.807) is 36.4 Å². The van der Waals surface area contributed by atoms with Gasteiger partial charge in [-0.2, -0.15) is 15.8 Å². The lowest BCUT2D eigenvalue weighted by molar-refractivity contribution is 1.05. The van der Waals surface area contributed by atoms with Crippen molar-refractivity contribution in [2.24, 2.45) is 0 Å². The zero-order valence-electron chi connectivity index (χ0n) is 33.3. The van der Waals surface area contributed by atoms with Crippen molar-refractivity contribution >= 4 is 55.0 Å². The average molecular weight is 792 g/mol. The zero-order chi connectivity index (χ0) is 42.6. The Labute approximate surface area is 356 Å². The fourth-order valence-electron chi connectivity index (χ4n) is 8.70. The summed E-state index contributed by atoms with van der Waals surface area (Å²) in [5, 5.41) is 34.7. The highest BCUT2D eigenvalue weighted by molar-refractivity contribution is 6.12. The molecule has 0 fully saturated rings. The van der Waals surface area contributed by atoms with Crippen LogP contribution in [0.4, 0.5) is 11.4 Å². The number of hydrogen-bond acceptors (Lipinski definition) is 5. The van der Waals surface area contributed by atoms with Crippen molar-refractivity contribution in [2.45, 2.75) is 13.8 Å². The number of fused-ring (bicyclic) bond motifs is 6. The number of hydrogen-bond donors (Lipinski definition) is 0. The Morgan fingerprint density at radius 2 is 0.952 bits per heavy atom. The molecule has 0 spiro atoms. The number of aromatic nitrogens is 4. The Hall–Kier alpha value is -9.33. The fraction of sp³-hybridized carbons (Fsp3) is 0.0377. The van der Waals surface area contributed by atoms with Gasteiger partial charge < -0.3 is 9.13 Å². The number of rotatable bonds is 5. The molecule has 10 aromatic rings. The average Bonchev–Trinajstić information content (AvgIpc) is 3.82. The van der Waals surface area contributed by atoms with Crippen molar-refractivity contribution in [3.63, 3.8) is 0 Å². The van der Waals surface area contributed by atoms with Crippen molar-refractivity contribution in [1.82, 2.24) is 19.1 Å². The van der Waals surface area contributed by atoms with Gasteiger partial charge in [0.1, 0.15) is 6.07 Å². The summed E-state index contributed by atoms with van der Waals surface area (Å²) in [7, 11) is 0. The van der Waals surface area contributed by atoms with Gasteiger partial charge in [-0.3, -0.25) is 0 Å². The molecule has 0 atom stereocenters. The molecule has 0 saturated heterocycles. The Morgan fingerprint density at radius 1 is 0.468 bits per heavy atom. The van der Waals surface area contributed by atoms with E-state index in [4.69, 9.17) is 23.1 Å². The molecule has 0 unspecified atom stereocenters. The monoisotopic (exact) mass is 791 g/mol. The molecule has 0 radical (unpaired) electrons. The molecule has 0 aliphatic heterocycles. The molecular formula is C53H29N9. The smallest absolute Gasteiger partial charge is 0.189 e. The van der Waals surface area contributed by atoms with Crippen LogP contribution < -0.4 is 0 Å². The summed E-state index contributed by atoms with van der Waals surface area (Å²) in [6.45, 7) is 19.2. The zero-order valence-corrected chi connectivity index (χ0v) is 33.3. The lowest BCUT2D eigenvalue weighted by atomic mass is 10.0. The maximum Gasteiger partial charge on any atom is 0.189 e. The topological polar surface area (TPSA) is 116 Å². The second-order valence-corrected chi connectivity index (χ2v) is 15.1. The molecular weight excluding hydrogens is 763 g/mol. The molecule has 0 amide bonds. The van der Waals surface area contributed by atoms with Gasteiger partial charge in [-0.15, -0.1) is 0 Å². The summed E-state index contributed by atoms with van der Waals surface area (Å²) in [5.41, 5.74) is 12.2. The predicted octanol–water partition coefficient (Wildman–Crippen LogP) is 13.0. The van der Waals surface area contributed by atoms with Crippen molar-refractivity contribution in [2.75, 3.05) is 0 Å². The summed E-state index contributed by atoms with van der Waals surface area (Å²) >= 11 is 0. The summed E-state index contributed by atoms with van der Waals surface area (Å²) < 4.78 is 4.26. The second-order valence-electron chi connectivity index (χ2n) is 15.1. The summed E-state index contributed by atoms with van der Waals surface area (Å²) in [6.07, 6.45) is 0. The van der Waals surface area contributed by atoms with Gasteiger partial charge in [-0.05, 0) is 115 Å². The van der Waals surface area contributed by atoms with E-state index in [0.29, 0.717) is 50.8 Å². The maximum atomic E-state index is 11.2. The molecule has 0 aliphatic carbocycles. The maximum absolute atomic E-state index is 11.2. The highest BCUT2D eigenvalue weighted by Gasteiger charge is 2.24. The van der Waals surface area contributed by atoms with E-state index in [1.807, 2.05) is 74.5 Å². The van der Waals surface area contributed by atoms with Gasteiger partial charge in [0.15, 0.2) is 17.2 Å². The van der Waals surface area contributed by atoms with E-state index >= 15 is 0 Å². The normalized spacial score (nSPS) is 11.0. The molecule has 286 valence electrons. The van der Waals surface area contributed by atoms with Gasteiger partial charge in [0.05, 0.1) is 64.3 Å². The minimum atomic E-state index is 0.376. The lowest BCUT2D eigenvalue weighted by Crippen LogP contribution is -2.06. The van der Waals surface area contributed by atoms with Gasteiger partial charge in [0.25, 0.3) is 0 Å². The van der Waals surface area contributed by atoms with Crippen molar-refractivity contribution in [1.29, 1.82) is 15.8 Å². The van der Waals surface area contributed by atoms with E-state index in [-0.39, 0.29) is 0 Å². The van der Waals surface area contributed by atoms with Crippen molar-refractivity contribution in [3.05, 3.63) is 190 Å². The highest BCUT2D eigenvalue weighted by atomic mass is 15.0. The number of para-hydroxylation sites is 2. The Kier molecular flexibility index (Phi) is 8.64. The van der Waals surface area contributed by atoms with Gasteiger partial charge in [-0.25, -0.2) is 19.7 Å². The predicted molar refractivity (Wildman–Crippen MR) is 243 cm³/mol. The first-order valence-electron chi connectivity index (χ1n) is 19.6. The third-order valence-electron chi connectivity index (χ3n) is 11.3. The van der Waals surface area contributed by atoms with E-state index in [0.717, 1.165) is 77.3 Å². The third kappa shape index (κ3) is 5.97. The van der Waals surface area contributed by atoms with Crippen LogP contribution in [-0.4, -0.2) is 19.1 Å². The minimum Gasteiger partial charge on any atom is -0.308 e. The fourth-order valence-corrected chi connectivity index (χ4v) is 8.70. The first kappa shape index (κ1) is 37.0. The van der Waals surface area contributed by atoms with E-state index < -0.39 is 0 Å². The van der Waals surface area contributed by atoms with Crippen LogP contribution in [0, 0.1) is 61.0 Å². The molecule has 0 saturated carbocycles. The van der Waals surface area contributed by atoms with Crippen LogP contribution in [0.1, 0.15) is 28.1 Å². The number of nitriles is 3. The van der Waals surface area contributed by atoms with Crippen molar-refractivity contribution < 1.29 is 0 Å². The largest absolute Gasteiger partial charge is 0.308 e. The van der Waals surface area contributed by atoms with Crippen LogP contribution in [0.25, 0.3) is 98.3 Å². The van der Waals surface area contributed by atoms with Gasteiger partial charge in [-0.1, -0.05) is 60.7 Å². The van der Waals surface area contributed by atoms with E-state index in [2.05, 4.69) is 79.5 Å². The molecule has 9 nitrogen and oxygen atoms in total. The quantitative estimate of drug-likeness (QED) is 0.161. The third-order valence-corrected chi connectivity index (χ3v) is 11.3. The molecule has 3 heterocycles. The van der Waals surface area contributed by atoms with E-state index in [9.17, 15) is 15.8 Å². The van der Waals surface area contributed by atoms with Crippen LogP contribution >= 0.6 is 0 Å². The molecule has 10 rings (SSSR count). The van der Waals surface area contributed by atoms with Crippen LogP contribution in [0.3, 0.4) is 0 Å². The second kappa shape index (κ2) is 14.5. The highest BCUT2D eigenvalue weighted by Crippen LogP contribution is 2.42. The van der Waals surface area contributed by atoms with Crippen LogP contribution in [0.15, 0.2) is 140 Å². The molecule has 7 aromatic carbocycles. The molecule has 9 heteroatoms. The molecule has 0 bridgehead atoms. The Bertz CT molecular complexity index is 3710. The number of benzene rings is 7. The number of nitrogens with zero attached hydrogens (tertiary/aromatic N) is 9. The molecule has 62 heavy (non-hydrogen) atoms. The Balaban J connectivity index is 1.30. The summed E-state index contributed by atoms with van der Waals surface area (Å²) in [6, 6.07) is 51.6. The summed E-state index contributed by atoms with van der Waals surface area (Å²) in [5.74, 6) is 0.496. The van der Waals surface area contributed by atoms with Crippen LogP contribution in [-0.2, 0) is 0 Å². The molecule has 3 aromatic heterocycles. The first-order chi connectivity index (χ1) is 30.3. The van der Waals surface area contributed by atoms with E-state index in [1.165, 1.54) is 0 Å². The molecule has 0 N–H and O–H groups in total. The lowest BCUT2D eigenvalue weighted by Gasteiger charge is -2.18. The Morgan fingerprint density at radius 3 is 1.44 bits per heavy atom. The van der Waals surface area contributed by atoms with Gasteiger partial charge in [0, 0.05) is 49.6 Å². The number of aryl methyl sites for hydroxylation is 2.